The molecular weight excluding hydrogens is 148 g/mol. The van der Waals surface area contributed by atoms with Crippen molar-refractivity contribution in [1.29, 1.82) is 0 Å². The quantitative estimate of drug-likeness (QED) is 0.503. The normalized spacial score (nSPS) is 36.8. The number of hydrogen-bond acceptors (Lipinski definition) is 2. The zero-order valence-corrected chi connectivity index (χ0v) is 8.40. The van der Waals surface area contributed by atoms with Gasteiger partial charge in [-0.3, -0.25) is 11.3 Å². The van der Waals surface area contributed by atoms with Gasteiger partial charge in [0.25, 0.3) is 0 Å². The standard InChI is InChI=1S/C10H22N2/c1-3-9-7-5-6-8-10(9,4-2)12-11/h9,12H,3-8,11H2,1-2H3. The van der Waals surface area contributed by atoms with Crippen LogP contribution in [-0.4, -0.2) is 5.54 Å². The van der Waals surface area contributed by atoms with Gasteiger partial charge in [-0.2, -0.15) is 0 Å². The second-order valence-corrected chi connectivity index (χ2v) is 4.00. The maximum Gasteiger partial charge on any atom is 0.0346 e. The van der Waals surface area contributed by atoms with Gasteiger partial charge >= 0.3 is 0 Å². The van der Waals surface area contributed by atoms with Crippen LogP contribution in [-0.2, 0) is 0 Å². The van der Waals surface area contributed by atoms with Crippen LogP contribution in [0, 0.1) is 5.92 Å². The number of hydrogen-bond donors (Lipinski definition) is 2. The SMILES string of the molecule is CCC1CCCCC1(CC)NN. The minimum Gasteiger partial charge on any atom is -0.271 e. The van der Waals surface area contributed by atoms with Crippen molar-refractivity contribution in [2.24, 2.45) is 11.8 Å². The van der Waals surface area contributed by atoms with Crippen molar-refractivity contribution in [2.45, 2.75) is 57.9 Å². The van der Waals surface area contributed by atoms with Gasteiger partial charge in [-0.15, -0.1) is 0 Å². The first-order chi connectivity index (χ1) is 5.79. The van der Waals surface area contributed by atoms with Crippen LogP contribution in [0.3, 0.4) is 0 Å². The molecule has 1 saturated carbocycles. The molecule has 2 atom stereocenters. The summed E-state index contributed by atoms with van der Waals surface area (Å²) in [6.07, 6.45) is 7.78. The lowest BCUT2D eigenvalue weighted by Gasteiger charge is -2.43. The Morgan fingerprint density at radius 2 is 2.17 bits per heavy atom. The maximum atomic E-state index is 5.66. The highest BCUT2D eigenvalue weighted by Crippen LogP contribution is 2.37. The largest absolute Gasteiger partial charge is 0.271 e. The van der Waals surface area contributed by atoms with E-state index in [4.69, 9.17) is 5.84 Å². The molecular formula is C10H22N2. The molecule has 0 heterocycles. The molecule has 2 heteroatoms. The average molecular weight is 170 g/mol. The Kier molecular flexibility index (Phi) is 3.53. The second kappa shape index (κ2) is 4.24. The Balaban J connectivity index is 2.66. The molecule has 0 aromatic heterocycles. The second-order valence-electron chi connectivity index (χ2n) is 4.00. The topological polar surface area (TPSA) is 38.0 Å². The third-order valence-corrected chi connectivity index (χ3v) is 3.62. The Morgan fingerprint density at radius 1 is 1.42 bits per heavy atom. The molecule has 0 aliphatic heterocycles. The fourth-order valence-electron chi connectivity index (χ4n) is 2.66. The summed E-state index contributed by atoms with van der Waals surface area (Å²) in [7, 11) is 0. The van der Waals surface area contributed by atoms with Gasteiger partial charge < -0.3 is 0 Å². The van der Waals surface area contributed by atoms with Gasteiger partial charge in [0.05, 0.1) is 0 Å². The van der Waals surface area contributed by atoms with Crippen LogP contribution in [0.4, 0.5) is 0 Å². The average Bonchev–Trinajstić information content (AvgIpc) is 2.17. The summed E-state index contributed by atoms with van der Waals surface area (Å²) in [6, 6.07) is 0. The summed E-state index contributed by atoms with van der Waals surface area (Å²) < 4.78 is 0. The van der Waals surface area contributed by atoms with Crippen molar-refractivity contribution in [2.75, 3.05) is 0 Å². The van der Waals surface area contributed by atoms with E-state index in [2.05, 4.69) is 19.3 Å². The van der Waals surface area contributed by atoms with Gasteiger partial charge in [-0.1, -0.05) is 33.1 Å². The maximum absolute atomic E-state index is 5.66. The smallest absolute Gasteiger partial charge is 0.0346 e. The molecule has 1 rings (SSSR count). The predicted molar refractivity (Wildman–Crippen MR) is 52.6 cm³/mol. The first kappa shape index (κ1) is 10.0. The van der Waals surface area contributed by atoms with Gasteiger partial charge in [-0.05, 0) is 25.2 Å². The molecule has 1 aliphatic carbocycles. The number of hydrazine groups is 1. The van der Waals surface area contributed by atoms with Crippen LogP contribution in [0.15, 0.2) is 0 Å². The lowest BCUT2D eigenvalue weighted by Crippen LogP contribution is -2.55. The van der Waals surface area contributed by atoms with Crippen molar-refractivity contribution in [3.8, 4) is 0 Å². The number of nitrogens with one attached hydrogen (secondary N) is 1. The third-order valence-electron chi connectivity index (χ3n) is 3.62. The van der Waals surface area contributed by atoms with E-state index in [0.717, 1.165) is 5.92 Å². The molecule has 1 fully saturated rings. The Bertz CT molecular complexity index is 130. The zero-order valence-electron chi connectivity index (χ0n) is 8.40. The van der Waals surface area contributed by atoms with Crippen LogP contribution in [0.25, 0.3) is 0 Å². The van der Waals surface area contributed by atoms with E-state index in [1.165, 1.54) is 38.5 Å². The van der Waals surface area contributed by atoms with Gasteiger partial charge in [0.2, 0.25) is 0 Å². The van der Waals surface area contributed by atoms with E-state index in [9.17, 15) is 0 Å². The molecule has 0 bridgehead atoms. The van der Waals surface area contributed by atoms with E-state index in [0.29, 0.717) is 0 Å². The molecule has 2 nitrogen and oxygen atoms in total. The minimum absolute atomic E-state index is 0.257. The van der Waals surface area contributed by atoms with Gasteiger partial charge in [-0.25, -0.2) is 0 Å². The van der Waals surface area contributed by atoms with Crippen molar-refractivity contribution in [3.63, 3.8) is 0 Å². The summed E-state index contributed by atoms with van der Waals surface area (Å²) in [5.41, 5.74) is 3.33. The molecule has 1 aliphatic rings. The van der Waals surface area contributed by atoms with Crippen LogP contribution in [0.5, 0.6) is 0 Å². The van der Waals surface area contributed by atoms with Gasteiger partial charge in [0, 0.05) is 5.54 Å². The molecule has 72 valence electrons. The Hall–Kier alpha value is -0.0800. The molecule has 12 heavy (non-hydrogen) atoms. The highest BCUT2D eigenvalue weighted by molar-refractivity contribution is 4.93. The van der Waals surface area contributed by atoms with E-state index in [1.807, 2.05) is 0 Å². The summed E-state index contributed by atoms with van der Waals surface area (Å²) in [5.74, 6) is 6.46. The van der Waals surface area contributed by atoms with Gasteiger partial charge in [0.1, 0.15) is 0 Å². The summed E-state index contributed by atoms with van der Waals surface area (Å²) in [4.78, 5) is 0. The highest BCUT2D eigenvalue weighted by atomic mass is 15.3. The fourth-order valence-corrected chi connectivity index (χ4v) is 2.66. The lowest BCUT2D eigenvalue weighted by atomic mass is 9.70. The first-order valence-corrected chi connectivity index (χ1v) is 5.27. The van der Waals surface area contributed by atoms with Crippen molar-refractivity contribution < 1.29 is 0 Å². The molecule has 0 radical (unpaired) electrons. The molecule has 0 amide bonds. The van der Waals surface area contributed by atoms with Crippen LogP contribution in [0.1, 0.15) is 52.4 Å². The fraction of sp³-hybridized carbons (Fsp3) is 1.00. The molecule has 0 saturated heterocycles. The summed E-state index contributed by atoms with van der Waals surface area (Å²) >= 11 is 0. The van der Waals surface area contributed by atoms with E-state index in [-0.39, 0.29) is 5.54 Å². The van der Waals surface area contributed by atoms with E-state index < -0.39 is 0 Å². The van der Waals surface area contributed by atoms with E-state index in [1.54, 1.807) is 0 Å². The van der Waals surface area contributed by atoms with Gasteiger partial charge in [0.15, 0.2) is 0 Å². The zero-order chi connectivity index (χ0) is 9.03. The Labute approximate surface area is 75.9 Å². The highest BCUT2D eigenvalue weighted by Gasteiger charge is 2.36. The molecule has 0 aromatic carbocycles. The third kappa shape index (κ3) is 1.64. The van der Waals surface area contributed by atoms with Crippen LogP contribution < -0.4 is 11.3 Å². The predicted octanol–water partition coefficient (Wildman–Crippen LogP) is 2.20. The lowest BCUT2D eigenvalue weighted by molar-refractivity contribution is 0.132. The number of rotatable bonds is 3. The van der Waals surface area contributed by atoms with Crippen molar-refractivity contribution >= 4 is 0 Å². The monoisotopic (exact) mass is 170 g/mol. The first-order valence-electron chi connectivity index (χ1n) is 5.27. The summed E-state index contributed by atoms with van der Waals surface area (Å²) in [5, 5.41) is 0. The number of nitrogens with two attached hydrogens (primary N) is 1. The minimum atomic E-state index is 0.257. The molecule has 2 unspecified atom stereocenters. The van der Waals surface area contributed by atoms with Crippen LogP contribution >= 0.6 is 0 Å². The molecule has 0 aromatic rings. The Morgan fingerprint density at radius 3 is 2.58 bits per heavy atom. The summed E-state index contributed by atoms with van der Waals surface area (Å²) in [6.45, 7) is 4.52. The van der Waals surface area contributed by atoms with Crippen molar-refractivity contribution in [1.82, 2.24) is 5.43 Å². The molecule has 3 N–H and O–H groups in total. The molecule has 0 spiro atoms. The van der Waals surface area contributed by atoms with Crippen molar-refractivity contribution in [3.05, 3.63) is 0 Å². The van der Waals surface area contributed by atoms with Crippen LogP contribution in [0.2, 0.25) is 0 Å². The van der Waals surface area contributed by atoms with E-state index >= 15 is 0 Å².